The lowest BCUT2D eigenvalue weighted by molar-refractivity contribution is 0.102. The largest absolute Gasteiger partial charge is 0.363 e. The summed E-state index contributed by atoms with van der Waals surface area (Å²) in [5.74, 6) is 2.54. The zero-order valence-corrected chi connectivity index (χ0v) is 23.8. The zero-order chi connectivity index (χ0) is 25.9. The molecule has 2 fully saturated rings. The number of nitrogens with one attached hydrogen (secondary N) is 1. The average molecular weight is 494 g/mol. The summed E-state index contributed by atoms with van der Waals surface area (Å²) in [5, 5.41) is 3.92. The van der Waals surface area contributed by atoms with E-state index < -0.39 is 0 Å². The van der Waals surface area contributed by atoms with Crippen LogP contribution in [0.3, 0.4) is 0 Å². The maximum Gasteiger partial charge on any atom is 0.0138 e. The van der Waals surface area contributed by atoms with E-state index in [0.717, 1.165) is 0 Å². The SMILES string of the molecule is C=C(NC(=C)C1(C)CCCC2c3cc(C)ccc3CCC21)C1CCCC2(C)c3cc(C)ccc3CCC12. The highest BCUT2D eigenvalue weighted by molar-refractivity contribution is 5.42. The molecule has 2 aromatic rings. The Morgan fingerprint density at radius 1 is 0.811 bits per heavy atom. The van der Waals surface area contributed by atoms with Gasteiger partial charge in [-0.3, -0.25) is 0 Å². The van der Waals surface area contributed by atoms with E-state index in [9.17, 15) is 0 Å². The van der Waals surface area contributed by atoms with E-state index in [1.54, 1.807) is 22.3 Å². The van der Waals surface area contributed by atoms with Crippen LogP contribution in [0.1, 0.15) is 105 Å². The Kier molecular flexibility index (Phi) is 6.21. The third-order valence-corrected chi connectivity index (χ3v) is 11.5. The van der Waals surface area contributed by atoms with Crippen LogP contribution in [0.4, 0.5) is 0 Å². The second-order valence-corrected chi connectivity index (χ2v) is 13.6. The first kappa shape index (κ1) is 25.0. The summed E-state index contributed by atoms with van der Waals surface area (Å²) in [6.07, 6.45) is 12.7. The fourth-order valence-corrected chi connectivity index (χ4v) is 9.36. The van der Waals surface area contributed by atoms with Crippen molar-refractivity contribution < 1.29 is 0 Å². The number of hydrogen-bond acceptors (Lipinski definition) is 1. The van der Waals surface area contributed by atoms with Crippen LogP contribution in [0.15, 0.2) is 61.0 Å². The third-order valence-electron chi connectivity index (χ3n) is 11.5. The number of fused-ring (bicyclic) bond motifs is 6. The molecule has 6 rings (SSSR count). The van der Waals surface area contributed by atoms with Gasteiger partial charge in [0.25, 0.3) is 0 Å². The van der Waals surface area contributed by atoms with Crippen molar-refractivity contribution in [2.24, 2.45) is 23.2 Å². The summed E-state index contributed by atoms with van der Waals surface area (Å²) < 4.78 is 0. The number of hydrogen-bond donors (Lipinski definition) is 1. The minimum absolute atomic E-state index is 0.127. The minimum atomic E-state index is 0.127. The van der Waals surface area contributed by atoms with Gasteiger partial charge in [0, 0.05) is 22.7 Å². The third kappa shape index (κ3) is 4.03. The molecular weight excluding hydrogens is 446 g/mol. The van der Waals surface area contributed by atoms with Crippen molar-refractivity contribution in [3.63, 3.8) is 0 Å². The molecule has 1 N–H and O–H groups in total. The van der Waals surface area contributed by atoms with Crippen LogP contribution < -0.4 is 5.32 Å². The van der Waals surface area contributed by atoms with Gasteiger partial charge in [0.2, 0.25) is 0 Å². The lowest BCUT2D eigenvalue weighted by atomic mass is 9.54. The van der Waals surface area contributed by atoms with Gasteiger partial charge in [0.05, 0.1) is 0 Å². The van der Waals surface area contributed by atoms with E-state index in [-0.39, 0.29) is 10.8 Å². The Hall–Kier alpha value is -2.28. The lowest BCUT2D eigenvalue weighted by Gasteiger charge is -2.52. The molecule has 0 aliphatic heterocycles. The van der Waals surface area contributed by atoms with E-state index in [4.69, 9.17) is 13.2 Å². The lowest BCUT2D eigenvalue weighted by Crippen LogP contribution is -2.47. The van der Waals surface area contributed by atoms with Crippen LogP contribution in [0.25, 0.3) is 0 Å². The van der Waals surface area contributed by atoms with Crippen LogP contribution in [-0.2, 0) is 18.3 Å². The van der Waals surface area contributed by atoms with Crippen LogP contribution in [-0.4, -0.2) is 0 Å². The van der Waals surface area contributed by atoms with E-state index in [0.29, 0.717) is 23.7 Å². The molecule has 4 aliphatic rings. The molecule has 4 aliphatic carbocycles. The maximum absolute atomic E-state index is 4.75. The van der Waals surface area contributed by atoms with E-state index in [1.165, 1.54) is 86.7 Å². The molecule has 6 atom stereocenters. The molecule has 0 spiro atoms. The van der Waals surface area contributed by atoms with E-state index >= 15 is 0 Å². The van der Waals surface area contributed by atoms with Crippen molar-refractivity contribution in [3.05, 3.63) is 94.3 Å². The summed E-state index contributed by atoms with van der Waals surface area (Å²) in [4.78, 5) is 0. The summed E-state index contributed by atoms with van der Waals surface area (Å²) >= 11 is 0. The highest BCUT2D eigenvalue weighted by atomic mass is 14.9. The van der Waals surface area contributed by atoms with E-state index in [1.807, 2.05) is 0 Å². The Morgan fingerprint density at radius 3 is 2.30 bits per heavy atom. The van der Waals surface area contributed by atoms with Crippen molar-refractivity contribution in [2.45, 2.75) is 103 Å². The monoisotopic (exact) mass is 493 g/mol. The number of rotatable bonds is 4. The van der Waals surface area contributed by atoms with E-state index in [2.05, 4.69) is 69.4 Å². The highest BCUT2D eigenvalue weighted by Gasteiger charge is 2.49. The fraction of sp³-hybridized carbons (Fsp3) is 0.556. The van der Waals surface area contributed by atoms with Crippen molar-refractivity contribution >= 4 is 0 Å². The van der Waals surface area contributed by atoms with Crippen LogP contribution in [0.2, 0.25) is 0 Å². The number of benzene rings is 2. The van der Waals surface area contributed by atoms with Gasteiger partial charge in [-0.15, -0.1) is 0 Å². The first-order chi connectivity index (χ1) is 17.7. The average Bonchev–Trinajstić information content (AvgIpc) is 2.88. The number of aryl methyl sites for hydroxylation is 4. The first-order valence-electron chi connectivity index (χ1n) is 15.1. The number of allylic oxidation sites excluding steroid dienone is 2. The van der Waals surface area contributed by atoms with Crippen LogP contribution in [0.5, 0.6) is 0 Å². The predicted octanol–water partition coefficient (Wildman–Crippen LogP) is 9.08. The minimum Gasteiger partial charge on any atom is -0.363 e. The summed E-state index contributed by atoms with van der Waals surface area (Å²) in [7, 11) is 0. The zero-order valence-electron chi connectivity index (χ0n) is 23.8. The van der Waals surface area contributed by atoms with Crippen molar-refractivity contribution in [2.75, 3.05) is 0 Å². The molecule has 1 nitrogen and oxygen atoms in total. The molecule has 0 aromatic heterocycles. The molecule has 1 heteroatoms. The van der Waals surface area contributed by atoms with Crippen LogP contribution >= 0.6 is 0 Å². The second kappa shape index (κ2) is 9.18. The first-order valence-corrected chi connectivity index (χ1v) is 15.1. The van der Waals surface area contributed by atoms with Crippen LogP contribution in [0, 0.1) is 37.0 Å². The predicted molar refractivity (Wildman–Crippen MR) is 157 cm³/mol. The van der Waals surface area contributed by atoms with Gasteiger partial charge >= 0.3 is 0 Å². The Labute approximate surface area is 225 Å². The van der Waals surface area contributed by atoms with Gasteiger partial charge in [-0.25, -0.2) is 0 Å². The van der Waals surface area contributed by atoms with Gasteiger partial charge in [-0.05, 0) is 111 Å². The maximum atomic E-state index is 4.75. The van der Waals surface area contributed by atoms with Gasteiger partial charge in [0.1, 0.15) is 0 Å². The molecule has 2 aromatic carbocycles. The fourth-order valence-electron chi connectivity index (χ4n) is 9.36. The Balaban J connectivity index is 1.23. The normalized spacial score (nSPS) is 34.4. The van der Waals surface area contributed by atoms with Gasteiger partial charge in [-0.1, -0.05) is 87.4 Å². The molecular formula is C36H47N. The molecule has 0 saturated heterocycles. The molecule has 196 valence electrons. The van der Waals surface area contributed by atoms with Gasteiger partial charge in [0.15, 0.2) is 0 Å². The molecule has 2 saturated carbocycles. The van der Waals surface area contributed by atoms with Crippen molar-refractivity contribution in [1.29, 1.82) is 0 Å². The summed E-state index contributed by atoms with van der Waals surface area (Å²) in [6, 6.07) is 14.4. The van der Waals surface area contributed by atoms with Gasteiger partial charge in [-0.2, -0.15) is 0 Å². The van der Waals surface area contributed by atoms with Crippen molar-refractivity contribution in [3.8, 4) is 0 Å². The molecule has 0 amide bonds. The Bertz CT molecular complexity index is 1240. The highest BCUT2D eigenvalue weighted by Crippen LogP contribution is 2.57. The Morgan fingerprint density at radius 2 is 1.49 bits per heavy atom. The standard InChI is InChI=1S/C36H47N/c1-23-11-13-27-15-17-33-30(31(27)21-23)10-8-19-35(33,5)26(4)37-25(3)29-9-7-20-36(6)32(29)18-16-28-14-12-24(2)22-34(28)36/h11-14,21-22,29-30,32-33,37H,3-4,7-10,15-20H2,1-2,5-6H3. The van der Waals surface area contributed by atoms with Gasteiger partial charge < -0.3 is 5.32 Å². The quantitative estimate of drug-likeness (QED) is 0.448. The van der Waals surface area contributed by atoms with Crippen molar-refractivity contribution in [1.82, 2.24) is 5.32 Å². The smallest absolute Gasteiger partial charge is 0.0138 e. The molecule has 6 unspecified atom stereocenters. The molecule has 0 heterocycles. The summed E-state index contributed by atoms with van der Waals surface area (Å²) in [6.45, 7) is 19.0. The second-order valence-electron chi connectivity index (χ2n) is 13.6. The summed E-state index contributed by atoms with van der Waals surface area (Å²) in [5.41, 5.74) is 12.1. The molecule has 37 heavy (non-hydrogen) atoms. The molecule has 0 radical (unpaired) electrons. The topological polar surface area (TPSA) is 12.0 Å². The molecule has 0 bridgehead atoms.